The summed E-state index contributed by atoms with van der Waals surface area (Å²) in [6, 6.07) is 16.8. The average molecular weight is 483 g/mol. The fraction of sp³-hybridized carbons (Fsp3) is 0.259. The third-order valence-corrected chi connectivity index (χ3v) is 8.95. The van der Waals surface area contributed by atoms with E-state index in [9.17, 15) is 14.2 Å². The van der Waals surface area contributed by atoms with Gasteiger partial charge in [0.1, 0.15) is 5.75 Å². The van der Waals surface area contributed by atoms with E-state index in [0.717, 1.165) is 5.56 Å². The van der Waals surface area contributed by atoms with Gasteiger partial charge in [-0.3, -0.25) is 9.59 Å². The summed E-state index contributed by atoms with van der Waals surface area (Å²) in [6.45, 7) is 9.82. The molecule has 0 N–H and O–H groups in total. The van der Waals surface area contributed by atoms with Crippen LogP contribution in [-0.2, 0) is 9.98 Å². The molecule has 0 aliphatic heterocycles. The minimum absolute atomic E-state index is 0.0482. The zero-order valence-corrected chi connectivity index (χ0v) is 21.4. The molecule has 4 nitrogen and oxygen atoms in total. The maximum atomic E-state index is 14.8. The van der Waals surface area contributed by atoms with Crippen molar-refractivity contribution in [3.63, 3.8) is 0 Å². The molecule has 3 aromatic carbocycles. The number of rotatable bonds is 6. The Morgan fingerprint density at radius 3 is 1.97 bits per heavy atom. The minimum atomic E-state index is -4.35. The summed E-state index contributed by atoms with van der Waals surface area (Å²) in [7, 11) is -2.95. The van der Waals surface area contributed by atoms with Crippen LogP contribution in [0.15, 0.2) is 60.7 Å². The van der Waals surface area contributed by atoms with Crippen molar-refractivity contribution < 1.29 is 18.9 Å². The zero-order chi connectivity index (χ0) is 24.6. The predicted molar refractivity (Wildman–Crippen MR) is 135 cm³/mol. The molecular formula is C27H28ClO4P. The van der Waals surface area contributed by atoms with Gasteiger partial charge in [-0.2, -0.15) is 0 Å². The molecule has 0 saturated carbocycles. The van der Waals surface area contributed by atoms with Gasteiger partial charge in [0.05, 0.1) is 17.7 Å². The number of ether oxygens (including phenoxy) is 1. The molecule has 0 aliphatic rings. The number of aryl methyl sites for hydroxylation is 2. The number of benzene rings is 3. The van der Waals surface area contributed by atoms with Gasteiger partial charge < -0.3 is 9.30 Å². The number of hydrogen-bond donors (Lipinski definition) is 0. The Morgan fingerprint density at radius 2 is 1.45 bits per heavy atom. The second-order valence-corrected chi connectivity index (χ2v) is 12.0. The van der Waals surface area contributed by atoms with Crippen LogP contribution in [0.5, 0.6) is 5.75 Å². The maximum Gasteiger partial charge on any atom is 0.249 e. The Labute approximate surface area is 200 Å². The van der Waals surface area contributed by atoms with Crippen LogP contribution in [0, 0.1) is 13.8 Å². The molecule has 3 aromatic rings. The number of halogens is 1. The Hall–Kier alpha value is -2.68. The smallest absolute Gasteiger partial charge is 0.249 e. The summed E-state index contributed by atoms with van der Waals surface area (Å²) in [5, 5.41) is 0.346. The van der Waals surface area contributed by atoms with Crippen LogP contribution in [-0.4, -0.2) is 18.2 Å². The first kappa shape index (κ1) is 25.0. The summed E-state index contributed by atoms with van der Waals surface area (Å²) in [5.74, 6) is 0.176. The molecular weight excluding hydrogens is 455 g/mol. The highest BCUT2D eigenvalue weighted by atomic mass is 35.5. The molecule has 0 aliphatic carbocycles. The van der Waals surface area contributed by atoms with Gasteiger partial charge in [0.2, 0.25) is 18.2 Å². The molecule has 0 spiro atoms. The minimum Gasteiger partial charge on any atom is -0.496 e. The van der Waals surface area contributed by atoms with Crippen LogP contribution in [0.25, 0.3) is 0 Å². The molecule has 6 heteroatoms. The second-order valence-electron chi connectivity index (χ2n) is 9.11. The topological polar surface area (TPSA) is 60.4 Å². The summed E-state index contributed by atoms with van der Waals surface area (Å²) in [6.07, 6.45) is 0. The number of carbonyl (C=O) groups is 2. The molecule has 0 saturated heterocycles. The highest BCUT2D eigenvalue weighted by Gasteiger charge is 2.46. The van der Waals surface area contributed by atoms with Gasteiger partial charge >= 0.3 is 0 Å². The maximum absolute atomic E-state index is 14.8. The summed E-state index contributed by atoms with van der Waals surface area (Å²) in [4.78, 5) is 27.8. The first-order chi connectivity index (χ1) is 15.4. The normalized spacial score (nSPS) is 13.3. The number of methoxy groups -OCH3 is 1. The van der Waals surface area contributed by atoms with E-state index in [0.29, 0.717) is 11.1 Å². The quantitative estimate of drug-likeness (QED) is 0.357. The van der Waals surface area contributed by atoms with Gasteiger partial charge in [0.25, 0.3) is 0 Å². The first-order valence-electron chi connectivity index (χ1n) is 10.6. The Kier molecular flexibility index (Phi) is 7.02. The van der Waals surface area contributed by atoms with E-state index < -0.39 is 18.2 Å². The standard InChI is InChI=1S/C27H28ClO4P/c1-17-15-20(27(3,4)5)16-18(2)24(17)33(31,25(29)19-11-8-7-9-12-19)26(30)23-21(28)13-10-14-22(23)32-6/h7-16H,1-6H3. The van der Waals surface area contributed by atoms with Crippen molar-refractivity contribution >= 4 is 35.1 Å². The molecule has 3 rings (SSSR count). The second kappa shape index (κ2) is 9.29. The van der Waals surface area contributed by atoms with Gasteiger partial charge in [0, 0.05) is 10.9 Å². The van der Waals surface area contributed by atoms with Crippen LogP contribution >= 0.6 is 18.7 Å². The SMILES string of the molecule is COc1cccc(Cl)c1C(=O)P(=O)(C(=O)c1ccccc1)c1c(C)cc(C(C)(C)C)cc1C. The lowest BCUT2D eigenvalue weighted by Gasteiger charge is -2.26. The molecule has 0 heterocycles. The predicted octanol–water partition coefficient (Wildman–Crippen LogP) is 6.93. The van der Waals surface area contributed by atoms with E-state index in [1.165, 1.54) is 13.2 Å². The van der Waals surface area contributed by atoms with E-state index in [1.807, 2.05) is 12.1 Å². The largest absolute Gasteiger partial charge is 0.496 e. The van der Waals surface area contributed by atoms with Crippen LogP contribution < -0.4 is 10.0 Å². The molecule has 172 valence electrons. The monoisotopic (exact) mass is 482 g/mol. The van der Waals surface area contributed by atoms with Crippen molar-refractivity contribution in [2.45, 2.75) is 40.0 Å². The van der Waals surface area contributed by atoms with Crippen LogP contribution in [0.4, 0.5) is 0 Å². The number of hydrogen-bond acceptors (Lipinski definition) is 4. The Balaban J connectivity index is 2.37. The lowest BCUT2D eigenvalue weighted by molar-refractivity contribution is 0.103. The first-order valence-corrected chi connectivity index (χ1v) is 12.7. The van der Waals surface area contributed by atoms with Gasteiger partial charge in [-0.05, 0) is 48.1 Å². The van der Waals surface area contributed by atoms with Crippen LogP contribution in [0.2, 0.25) is 5.02 Å². The molecule has 0 fully saturated rings. The fourth-order valence-corrected chi connectivity index (χ4v) is 7.07. The fourth-order valence-electron chi connectivity index (χ4n) is 3.98. The Bertz CT molecular complexity index is 1250. The van der Waals surface area contributed by atoms with E-state index in [4.69, 9.17) is 16.3 Å². The van der Waals surface area contributed by atoms with Crippen LogP contribution in [0.3, 0.4) is 0 Å². The van der Waals surface area contributed by atoms with E-state index in [1.54, 1.807) is 56.3 Å². The van der Waals surface area contributed by atoms with Crippen molar-refractivity contribution in [1.29, 1.82) is 0 Å². The summed E-state index contributed by atoms with van der Waals surface area (Å²) >= 11 is 6.38. The third kappa shape index (κ3) is 4.55. The van der Waals surface area contributed by atoms with E-state index >= 15 is 0 Å². The van der Waals surface area contributed by atoms with E-state index in [2.05, 4.69) is 20.8 Å². The molecule has 0 aromatic heterocycles. The molecule has 1 atom stereocenters. The van der Waals surface area contributed by atoms with Crippen molar-refractivity contribution in [2.75, 3.05) is 7.11 Å². The Morgan fingerprint density at radius 1 is 0.879 bits per heavy atom. The third-order valence-electron chi connectivity index (χ3n) is 5.67. The summed E-state index contributed by atoms with van der Waals surface area (Å²) in [5.41, 5.74) is 0.754. The van der Waals surface area contributed by atoms with Crippen molar-refractivity contribution in [3.8, 4) is 5.75 Å². The summed E-state index contributed by atoms with van der Waals surface area (Å²) < 4.78 is 20.2. The lowest BCUT2D eigenvalue weighted by atomic mass is 9.85. The molecule has 1 unspecified atom stereocenters. The van der Waals surface area contributed by atoms with Crippen molar-refractivity contribution in [3.05, 3.63) is 93.5 Å². The van der Waals surface area contributed by atoms with Gasteiger partial charge in [-0.25, -0.2) is 0 Å². The van der Waals surface area contributed by atoms with Crippen molar-refractivity contribution in [1.82, 2.24) is 0 Å². The average Bonchev–Trinajstić information content (AvgIpc) is 2.77. The van der Waals surface area contributed by atoms with E-state index in [-0.39, 0.29) is 32.6 Å². The van der Waals surface area contributed by atoms with Crippen molar-refractivity contribution in [2.24, 2.45) is 0 Å². The molecule has 0 bridgehead atoms. The lowest BCUT2D eigenvalue weighted by Crippen LogP contribution is -2.26. The van der Waals surface area contributed by atoms with Gasteiger partial charge in [-0.15, -0.1) is 0 Å². The zero-order valence-electron chi connectivity index (χ0n) is 19.7. The van der Waals surface area contributed by atoms with Crippen LogP contribution in [0.1, 0.15) is 58.2 Å². The molecule has 0 amide bonds. The molecule has 0 radical (unpaired) electrons. The highest BCUT2D eigenvalue weighted by molar-refractivity contribution is 8.01. The van der Waals surface area contributed by atoms with Gasteiger partial charge in [-0.1, -0.05) is 80.9 Å². The van der Waals surface area contributed by atoms with Gasteiger partial charge in [0.15, 0.2) is 0 Å². The number of carbonyl (C=O) groups excluding carboxylic acids is 2. The highest BCUT2D eigenvalue weighted by Crippen LogP contribution is 2.54. The molecule has 33 heavy (non-hydrogen) atoms.